The fourth-order valence-electron chi connectivity index (χ4n) is 2.63. The minimum atomic E-state index is 0.507. The molecule has 3 rings (SSSR count). The molecule has 0 radical (unpaired) electrons. The maximum Gasteiger partial charge on any atom is 0.192 e. The van der Waals surface area contributed by atoms with Gasteiger partial charge in [-0.1, -0.05) is 53.5 Å². The number of guanidine groups is 1. The highest BCUT2D eigenvalue weighted by Gasteiger charge is 2.10. The number of aryl methyl sites for hydroxylation is 1. The van der Waals surface area contributed by atoms with E-state index in [0.717, 1.165) is 22.9 Å². The summed E-state index contributed by atoms with van der Waals surface area (Å²) >= 11 is 12.3. The molecule has 0 aliphatic carbocycles. The maximum atomic E-state index is 6.16. The Hall–Kier alpha value is -2.51. The van der Waals surface area contributed by atoms with Gasteiger partial charge in [0.2, 0.25) is 0 Å². The van der Waals surface area contributed by atoms with Crippen LogP contribution in [-0.4, -0.2) is 25.3 Å². The minimum absolute atomic E-state index is 0.507. The molecule has 0 aliphatic heterocycles. The smallest absolute Gasteiger partial charge is 0.192 e. The summed E-state index contributed by atoms with van der Waals surface area (Å²) in [6.07, 6.45) is 0. The average Bonchev–Trinajstić information content (AvgIpc) is 3.15. The molecule has 1 aromatic carbocycles. The zero-order chi connectivity index (χ0) is 20.1. The van der Waals surface area contributed by atoms with Crippen LogP contribution in [0.1, 0.15) is 22.9 Å². The summed E-state index contributed by atoms with van der Waals surface area (Å²) in [5, 5.41) is 16.0. The molecule has 2 heterocycles. The summed E-state index contributed by atoms with van der Waals surface area (Å²) in [4.78, 5) is 4.68. The fraction of sp³-hybridized carbons (Fsp3) is 0.316. The molecule has 0 bridgehead atoms. The third kappa shape index (κ3) is 4.85. The van der Waals surface area contributed by atoms with Gasteiger partial charge in [0.05, 0.1) is 24.7 Å². The Morgan fingerprint density at radius 3 is 2.36 bits per heavy atom. The Kier molecular flexibility index (Phi) is 6.59. The first-order valence-electron chi connectivity index (χ1n) is 8.86. The van der Waals surface area contributed by atoms with Gasteiger partial charge in [0.1, 0.15) is 11.0 Å². The van der Waals surface area contributed by atoms with Crippen molar-refractivity contribution < 1.29 is 0 Å². The summed E-state index contributed by atoms with van der Waals surface area (Å²) in [7, 11) is 3.82. The highest BCUT2D eigenvalue weighted by Crippen LogP contribution is 2.24. The van der Waals surface area contributed by atoms with Gasteiger partial charge in [0, 0.05) is 19.8 Å². The van der Waals surface area contributed by atoms with Crippen LogP contribution >= 0.6 is 23.2 Å². The molecule has 0 saturated heterocycles. The molecule has 0 atom stereocenters. The van der Waals surface area contributed by atoms with E-state index < -0.39 is 0 Å². The van der Waals surface area contributed by atoms with Gasteiger partial charge < -0.3 is 19.8 Å². The summed E-state index contributed by atoms with van der Waals surface area (Å²) < 4.78 is 3.79. The van der Waals surface area contributed by atoms with Crippen LogP contribution < -0.4 is 10.6 Å². The summed E-state index contributed by atoms with van der Waals surface area (Å²) in [6, 6.07) is 11.9. The van der Waals surface area contributed by atoms with Crippen molar-refractivity contribution in [3.05, 3.63) is 69.5 Å². The van der Waals surface area contributed by atoms with Gasteiger partial charge in [-0.05, 0) is 18.6 Å². The van der Waals surface area contributed by atoms with Crippen LogP contribution in [0.3, 0.4) is 0 Å². The summed E-state index contributed by atoms with van der Waals surface area (Å²) in [6.45, 7) is 3.51. The normalized spacial score (nSPS) is 11.7. The van der Waals surface area contributed by atoms with Gasteiger partial charge in [0.25, 0.3) is 0 Å². The minimum Gasteiger partial charge on any atom is -0.351 e. The van der Waals surface area contributed by atoms with Crippen molar-refractivity contribution in [2.24, 2.45) is 19.1 Å². The summed E-state index contributed by atoms with van der Waals surface area (Å²) in [5.41, 5.74) is 2.08. The third-order valence-electron chi connectivity index (χ3n) is 4.51. The first-order chi connectivity index (χ1) is 13.5. The molecule has 9 heteroatoms. The largest absolute Gasteiger partial charge is 0.351 e. The summed E-state index contributed by atoms with van der Waals surface area (Å²) in [5.74, 6) is 2.36. The predicted molar refractivity (Wildman–Crippen MR) is 112 cm³/mol. The van der Waals surface area contributed by atoms with Crippen molar-refractivity contribution in [1.82, 2.24) is 30.0 Å². The third-order valence-corrected chi connectivity index (χ3v) is 5.35. The van der Waals surface area contributed by atoms with E-state index in [4.69, 9.17) is 23.2 Å². The molecule has 0 unspecified atom stereocenters. The lowest BCUT2D eigenvalue weighted by molar-refractivity contribution is 0.703. The van der Waals surface area contributed by atoms with Gasteiger partial charge >= 0.3 is 0 Å². The number of benzene rings is 1. The zero-order valence-electron chi connectivity index (χ0n) is 16.1. The van der Waals surface area contributed by atoms with E-state index in [1.165, 1.54) is 0 Å². The molecule has 148 valence electrons. The zero-order valence-corrected chi connectivity index (χ0v) is 17.6. The molecule has 3 aromatic rings. The van der Waals surface area contributed by atoms with E-state index in [1.54, 1.807) is 0 Å². The standard InChI is InChI=1S/C19H23Cl2N7/c1-13-25-26-17(27(13)2)12-24-19(22-10-14-7-5-4-6-8-14)23-11-15-9-16(20)18(21)28(15)3/h4-9H,10-12H2,1-3H3,(H2,22,23,24). The second kappa shape index (κ2) is 9.12. The molecule has 0 aliphatic rings. The number of aliphatic imine (C=N–C) groups is 1. The number of nitrogens with zero attached hydrogens (tertiary/aromatic N) is 5. The Labute approximate surface area is 174 Å². The van der Waals surface area contributed by atoms with Crippen LogP contribution in [-0.2, 0) is 33.7 Å². The highest BCUT2D eigenvalue weighted by molar-refractivity contribution is 6.41. The van der Waals surface area contributed by atoms with E-state index in [9.17, 15) is 0 Å². The fourth-order valence-corrected chi connectivity index (χ4v) is 3.04. The van der Waals surface area contributed by atoms with E-state index in [1.807, 2.05) is 66.6 Å². The Morgan fingerprint density at radius 1 is 1.04 bits per heavy atom. The predicted octanol–water partition coefficient (Wildman–Crippen LogP) is 3.20. The molecule has 0 amide bonds. The van der Waals surface area contributed by atoms with Gasteiger partial charge in [-0.3, -0.25) is 0 Å². The molecule has 0 spiro atoms. The van der Waals surface area contributed by atoms with Gasteiger partial charge in [-0.2, -0.15) is 0 Å². The molecule has 0 saturated carbocycles. The number of halogens is 2. The molecule has 0 fully saturated rings. The van der Waals surface area contributed by atoms with Crippen LogP contribution in [0.4, 0.5) is 0 Å². The SMILES string of the molecule is Cc1nnc(CNC(=NCc2ccccc2)NCc2cc(Cl)c(Cl)n2C)n1C. The first kappa shape index (κ1) is 20.2. The van der Waals surface area contributed by atoms with E-state index in [2.05, 4.69) is 25.8 Å². The monoisotopic (exact) mass is 419 g/mol. The lowest BCUT2D eigenvalue weighted by atomic mass is 10.2. The Bertz CT molecular complexity index is 960. The first-order valence-corrected chi connectivity index (χ1v) is 9.62. The van der Waals surface area contributed by atoms with E-state index in [-0.39, 0.29) is 0 Å². The quantitative estimate of drug-likeness (QED) is 0.475. The van der Waals surface area contributed by atoms with Gasteiger partial charge in [-0.25, -0.2) is 4.99 Å². The van der Waals surface area contributed by atoms with Crippen molar-refractivity contribution in [2.45, 2.75) is 26.6 Å². The number of rotatable bonds is 6. The van der Waals surface area contributed by atoms with Gasteiger partial charge in [0.15, 0.2) is 11.8 Å². The van der Waals surface area contributed by atoms with Crippen LogP contribution in [0, 0.1) is 6.92 Å². The maximum absolute atomic E-state index is 6.16. The van der Waals surface area contributed by atoms with Crippen molar-refractivity contribution in [1.29, 1.82) is 0 Å². The van der Waals surface area contributed by atoms with Crippen LogP contribution in [0.5, 0.6) is 0 Å². The molecule has 2 N–H and O–H groups in total. The van der Waals surface area contributed by atoms with E-state index in [0.29, 0.717) is 35.8 Å². The Balaban J connectivity index is 1.71. The number of hydrogen-bond acceptors (Lipinski definition) is 3. The number of nitrogens with one attached hydrogen (secondary N) is 2. The van der Waals surface area contributed by atoms with Crippen molar-refractivity contribution in [3.63, 3.8) is 0 Å². The molecular formula is C19H23Cl2N7. The lowest BCUT2D eigenvalue weighted by Crippen LogP contribution is -2.37. The molecular weight excluding hydrogens is 397 g/mol. The van der Waals surface area contributed by atoms with Crippen LogP contribution in [0.25, 0.3) is 0 Å². The second-order valence-electron chi connectivity index (χ2n) is 6.41. The van der Waals surface area contributed by atoms with Crippen LogP contribution in [0.2, 0.25) is 10.2 Å². The highest BCUT2D eigenvalue weighted by atomic mass is 35.5. The van der Waals surface area contributed by atoms with Gasteiger partial charge in [-0.15, -0.1) is 10.2 Å². The van der Waals surface area contributed by atoms with Crippen molar-refractivity contribution in [3.8, 4) is 0 Å². The second-order valence-corrected chi connectivity index (χ2v) is 7.18. The van der Waals surface area contributed by atoms with Crippen molar-refractivity contribution >= 4 is 29.2 Å². The molecule has 2 aromatic heterocycles. The molecule has 28 heavy (non-hydrogen) atoms. The number of hydrogen-bond donors (Lipinski definition) is 2. The average molecular weight is 420 g/mol. The number of aromatic nitrogens is 4. The Morgan fingerprint density at radius 2 is 1.75 bits per heavy atom. The van der Waals surface area contributed by atoms with Crippen molar-refractivity contribution in [2.75, 3.05) is 0 Å². The van der Waals surface area contributed by atoms with Crippen LogP contribution in [0.15, 0.2) is 41.4 Å². The lowest BCUT2D eigenvalue weighted by Gasteiger charge is -2.13. The topological polar surface area (TPSA) is 72.1 Å². The molecule has 7 nitrogen and oxygen atoms in total. The van der Waals surface area contributed by atoms with E-state index >= 15 is 0 Å².